The molecule has 3 nitrogen and oxygen atoms in total. The molecule has 1 aliphatic carbocycles. The summed E-state index contributed by atoms with van der Waals surface area (Å²) in [4.78, 5) is 2.27. The molecule has 0 aliphatic heterocycles. The van der Waals surface area contributed by atoms with Crippen LogP contribution in [0.3, 0.4) is 0 Å². The molecule has 0 spiro atoms. The van der Waals surface area contributed by atoms with Crippen molar-refractivity contribution in [3.63, 3.8) is 0 Å². The van der Waals surface area contributed by atoms with E-state index in [2.05, 4.69) is 24.4 Å². The molecule has 0 radical (unpaired) electrons. The molecule has 1 fully saturated rings. The maximum atomic E-state index is 13.6. The first-order valence-corrected chi connectivity index (χ1v) is 7.95. The van der Waals surface area contributed by atoms with E-state index in [-0.39, 0.29) is 22.4 Å². The van der Waals surface area contributed by atoms with Gasteiger partial charge in [-0.25, -0.2) is 4.39 Å². The number of likely N-dealkylation sites (N-methyl/N-ethyl adjacent to an activating group) is 1. The van der Waals surface area contributed by atoms with E-state index in [4.69, 9.17) is 17.4 Å². The van der Waals surface area contributed by atoms with E-state index in [0.29, 0.717) is 6.42 Å². The predicted molar refractivity (Wildman–Crippen MR) is 85.7 cm³/mol. The van der Waals surface area contributed by atoms with Crippen molar-refractivity contribution in [2.24, 2.45) is 5.84 Å². The Kier molecular flexibility index (Phi) is 5.60. The third-order valence-electron chi connectivity index (χ3n) is 4.92. The van der Waals surface area contributed by atoms with Crippen molar-refractivity contribution in [3.05, 3.63) is 34.6 Å². The molecule has 0 heterocycles. The maximum absolute atomic E-state index is 13.6. The molecule has 0 saturated heterocycles. The van der Waals surface area contributed by atoms with Gasteiger partial charge in [-0.15, -0.1) is 0 Å². The Balaban J connectivity index is 2.27. The Labute approximate surface area is 131 Å². The molecule has 0 amide bonds. The SMILES string of the molecule is CN(C)C1(C(Cc2cccc(F)c2Cl)NN)CCCCC1. The first kappa shape index (κ1) is 16.7. The zero-order chi connectivity index (χ0) is 15.5. The Morgan fingerprint density at radius 2 is 2.00 bits per heavy atom. The van der Waals surface area contributed by atoms with Gasteiger partial charge in [-0.3, -0.25) is 11.3 Å². The molecule has 2 rings (SSSR count). The van der Waals surface area contributed by atoms with Crippen LogP contribution in [-0.2, 0) is 6.42 Å². The minimum absolute atomic E-state index is 0.00263. The normalized spacial score (nSPS) is 19.7. The van der Waals surface area contributed by atoms with Gasteiger partial charge in [0.05, 0.1) is 5.02 Å². The zero-order valence-corrected chi connectivity index (χ0v) is 13.6. The third kappa shape index (κ3) is 3.39. The number of hydrogen-bond acceptors (Lipinski definition) is 3. The minimum Gasteiger partial charge on any atom is -0.302 e. The van der Waals surface area contributed by atoms with E-state index in [9.17, 15) is 4.39 Å². The van der Waals surface area contributed by atoms with Gasteiger partial charge >= 0.3 is 0 Å². The van der Waals surface area contributed by atoms with Crippen LogP contribution in [-0.4, -0.2) is 30.6 Å². The summed E-state index contributed by atoms with van der Waals surface area (Å²) in [6.45, 7) is 0. The highest BCUT2D eigenvalue weighted by atomic mass is 35.5. The Bertz CT molecular complexity index is 473. The first-order chi connectivity index (χ1) is 10.0. The molecule has 0 bridgehead atoms. The number of halogens is 2. The summed E-state index contributed by atoms with van der Waals surface area (Å²) in [5.74, 6) is 5.48. The smallest absolute Gasteiger partial charge is 0.142 e. The molecule has 21 heavy (non-hydrogen) atoms. The summed E-state index contributed by atoms with van der Waals surface area (Å²) in [6.07, 6.45) is 6.50. The number of hydrazine groups is 1. The highest BCUT2D eigenvalue weighted by Crippen LogP contribution is 2.36. The Hall–Kier alpha value is -0.680. The molecule has 118 valence electrons. The first-order valence-electron chi connectivity index (χ1n) is 7.57. The van der Waals surface area contributed by atoms with Crippen molar-refractivity contribution < 1.29 is 4.39 Å². The molecule has 0 aromatic heterocycles. The van der Waals surface area contributed by atoms with Crippen molar-refractivity contribution >= 4 is 11.6 Å². The van der Waals surface area contributed by atoms with Gasteiger partial charge < -0.3 is 4.90 Å². The molecule has 3 N–H and O–H groups in total. The topological polar surface area (TPSA) is 41.3 Å². The average Bonchev–Trinajstić information content (AvgIpc) is 2.49. The van der Waals surface area contributed by atoms with Crippen LogP contribution >= 0.6 is 11.6 Å². The molecular formula is C16H25ClFN3. The second kappa shape index (κ2) is 7.05. The van der Waals surface area contributed by atoms with Crippen molar-refractivity contribution in [1.29, 1.82) is 0 Å². The Morgan fingerprint density at radius 3 is 2.57 bits per heavy atom. The molecule has 1 aromatic rings. The molecule has 1 atom stereocenters. The fourth-order valence-electron chi connectivity index (χ4n) is 3.60. The molecular weight excluding hydrogens is 289 g/mol. The largest absolute Gasteiger partial charge is 0.302 e. The van der Waals surface area contributed by atoms with E-state index in [0.717, 1.165) is 18.4 Å². The van der Waals surface area contributed by atoms with Crippen LogP contribution in [0.1, 0.15) is 37.7 Å². The number of hydrogen-bond donors (Lipinski definition) is 2. The molecule has 1 saturated carbocycles. The predicted octanol–water partition coefficient (Wildman–Crippen LogP) is 3.12. The van der Waals surface area contributed by atoms with Crippen molar-refractivity contribution in [2.45, 2.75) is 50.1 Å². The van der Waals surface area contributed by atoms with E-state index in [1.54, 1.807) is 6.07 Å². The van der Waals surface area contributed by atoms with E-state index < -0.39 is 0 Å². The summed E-state index contributed by atoms with van der Waals surface area (Å²) in [5, 5.41) is 0.211. The lowest BCUT2D eigenvalue weighted by Gasteiger charge is -2.48. The van der Waals surface area contributed by atoms with Gasteiger partial charge in [-0.1, -0.05) is 43.0 Å². The fraction of sp³-hybridized carbons (Fsp3) is 0.625. The second-order valence-electron chi connectivity index (χ2n) is 6.19. The van der Waals surface area contributed by atoms with Crippen LogP contribution in [0.25, 0.3) is 0 Å². The van der Waals surface area contributed by atoms with Crippen LogP contribution in [0.4, 0.5) is 4.39 Å². The van der Waals surface area contributed by atoms with E-state index in [1.807, 2.05) is 6.07 Å². The monoisotopic (exact) mass is 313 g/mol. The average molecular weight is 314 g/mol. The van der Waals surface area contributed by atoms with Gasteiger partial charge in [0, 0.05) is 11.6 Å². The highest BCUT2D eigenvalue weighted by Gasteiger charge is 2.41. The lowest BCUT2D eigenvalue weighted by molar-refractivity contribution is 0.0568. The van der Waals surface area contributed by atoms with Gasteiger partial charge in [0.15, 0.2) is 0 Å². The number of nitrogens with one attached hydrogen (secondary N) is 1. The lowest BCUT2D eigenvalue weighted by Crippen LogP contribution is -2.62. The lowest BCUT2D eigenvalue weighted by atomic mass is 9.73. The van der Waals surface area contributed by atoms with Gasteiger partial charge in [-0.05, 0) is 45.0 Å². The van der Waals surface area contributed by atoms with E-state index >= 15 is 0 Å². The summed E-state index contributed by atoms with van der Waals surface area (Å²) in [7, 11) is 4.20. The standard InChI is InChI=1S/C16H25ClFN3/c1-21(2)16(9-4-3-5-10-16)14(20-19)11-12-7-6-8-13(18)15(12)17/h6-8,14,20H,3-5,9-11,19H2,1-2H3. The van der Waals surface area contributed by atoms with Gasteiger partial charge in [0.2, 0.25) is 0 Å². The van der Waals surface area contributed by atoms with Crippen LogP contribution in [0.15, 0.2) is 18.2 Å². The zero-order valence-electron chi connectivity index (χ0n) is 12.8. The number of rotatable bonds is 5. The van der Waals surface area contributed by atoms with Crippen molar-refractivity contribution in [3.8, 4) is 0 Å². The second-order valence-corrected chi connectivity index (χ2v) is 6.57. The van der Waals surface area contributed by atoms with Crippen LogP contribution in [0.5, 0.6) is 0 Å². The summed E-state index contributed by atoms with van der Waals surface area (Å²) < 4.78 is 13.6. The molecule has 5 heteroatoms. The van der Waals surface area contributed by atoms with E-state index in [1.165, 1.54) is 25.3 Å². The summed E-state index contributed by atoms with van der Waals surface area (Å²) in [6, 6.07) is 5.01. The summed E-state index contributed by atoms with van der Waals surface area (Å²) in [5.41, 5.74) is 3.78. The van der Waals surface area contributed by atoms with Crippen molar-refractivity contribution in [2.75, 3.05) is 14.1 Å². The number of benzene rings is 1. The maximum Gasteiger partial charge on any atom is 0.142 e. The quantitative estimate of drug-likeness (QED) is 0.648. The fourth-order valence-corrected chi connectivity index (χ4v) is 3.80. The van der Waals surface area contributed by atoms with Crippen LogP contribution in [0.2, 0.25) is 5.02 Å². The Morgan fingerprint density at radius 1 is 1.33 bits per heavy atom. The van der Waals surface area contributed by atoms with Crippen molar-refractivity contribution in [1.82, 2.24) is 10.3 Å². The molecule has 1 unspecified atom stereocenters. The minimum atomic E-state index is -0.368. The van der Waals surface area contributed by atoms with Gasteiger partial charge in [-0.2, -0.15) is 0 Å². The molecule has 1 aromatic carbocycles. The van der Waals surface area contributed by atoms with Crippen LogP contribution in [0, 0.1) is 5.82 Å². The number of nitrogens with zero attached hydrogens (tertiary/aromatic N) is 1. The highest BCUT2D eigenvalue weighted by molar-refractivity contribution is 6.31. The third-order valence-corrected chi connectivity index (χ3v) is 5.34. The van der Waals surface area contributed by atoms with Gasteiger partial charge in [0.1, 0.15) is 5.82 Å². The summed E-state index contributed by atoms with van der Waals surface area (Å²) >= 11 is 6.10. The van der Waals surface area contributed by atoms with Crippen LogP contribution < -0.4 is 11.3 Å². The van der Waals surface area contributed by atoms with Gasteiger partial charge in [0.25, 0.3) is 0 Å². The molecule has 1 aliphatic rings. The number of nitrogens with two attached hydrogens (primary N) is 1.